The number of anilines is 1. The molecule has 1 aliphatic carbocycles. The molecule has 3 nitrogen and oxygen atoms in total. The number of likely N-dealkylation sites (N-methyl/N-ethyl adjacent to an activating group) is 1. The van der Waals surface area contributed by atoms with Crippen molar-refractivity contribution in [2.24, 2.45) is 5.92 Å². The number of amides is 2. The van der Waals surface area contributed by atoms with Gasteiger partial charge in [0.1, 0.15) is 0 Å². The maximum Gasteiger partial charge on any atom is 0.410 e. The highest BCUT2D eigenvalue weighted by Crippen LogP contribution is 2.46. The zero-order valence-electron chi connectivity index (χ0n) is 12.3. The van der Waals surface area contributed by atoms with Gasteiger partial charge >= 0.3 is 12.2 Å². The van der Waals surface area contributed by atoms with Gasteiger partial charge in [0.2, 0.25) is 0 Å². The van der Waals surface area contributed by atoms with Crippen LogP contribution in [0.25, 0.3) is 0 Å². The number of benzene rings is 1. The molecule has 0 radical (unpaired) electrons. The van der Waals surface area contributed by atoms with Crippen LogP contribution in [0.4, 0.5) is 23.7 Å². The minimum atomic E-state index is -4.64. The molecule has 1 fully saturated rings. The number of rotatable bonds is 0. The normalized spacial score (nSPS) is 24.2. The molecular formula is C16H14ClF3N2O. The summed E-state index contributed by atoms with van der Waals surface area (Å²) in [5.74, 6) is 5.17. The first-order chi connectivity index (χ1) is 10.7. The van der Waals surface area contributed by atoms with E-state index in [9.17, 15) is 18.0 Å². The molecule has 1 aromatic rings. The van der Waals surface area contributed by atoms with Gasteiger partial charge in [-0.15, -0.1) is 0 Å². The average molecular weight is 343 g/mol. The summed E-state index contributed by atoms with van der Waals surface area (Å²) in [7, 11) is 1.32. The van der Waals surface area contributed by atoms with E-state index in [2.05, 4.69) is 17.2 Å². The number of halogens is 4. The minimum absolute atomic E-state index is 0.00841. The van der Waals surface area contributed by atoms with Gasteiger partial charge in [-0.25, -0.2) is 4.79 Å². The van der Waals surface area contributed by atoms with Gasteiger partial charge in [0, 0.05) is 29.2 Å². The van der Waals surface area contributed by atoms with Crippen molar-refractivity contribution in [2.75, 3.05) is 18.9 Å². The molecule has 23 heavy (non-hydrogen) atoms. The minimum Gasteiger partial charge on any atom is -0.325 e. The van der Waals surface area contributed by atoms with Gasteiger partial charge in [0.25, 0.3) is 0 Å². The van der Waals surface area contributed by atoms with Crippen LogP contribution in [0.5, 0.6) is 0 Å². The van der Waals surface area contributed by atoms with Gasteiger partial charge in [-0.2, -0.15) is 13.2 Å². The monoisotopic (exact) mass is 342 g/mol. The Hall–Kier alpha value is -1.87. The van der Waals surface area contributed by atoms with Crippen LogP contribution in [0, 0.1) is 17.8 Å². The van der Waals surface area contributed by atoms with E-state index in [1.54, 1.807) is 0 Å². The van der Waals surface area contributed by atoms with Crippen LogP contribution in [0.15, 0.2) is 18.2 Å². The van der Waals surface area contributed by atoms with Crippen LogP contribution >= 0.6 is 11.6 Å². The van der Waals surface area contributed by atoms with E-state index < -0.39 is 24.2 Å². The summed E-state index contributed by atoms with van der Waals surface area (Å²) in [6, 6.07) is 3.47. The van der Waals surface area contributed by atoms with Crippen LogP contribution in [0.2, 0.25) is 5.02 Å². The zero-order chi connectivity index (χ0) is 16.8. The largest absolute Gasteiger partial charge is 0.410 e. The third-order valence-electron chi connectivity index (χ3n) is 4.05. The van der Waals surface area contributed by atoms with E-state index in [1.165, 1.54) is 25.2 Å². The van der Waals surface area contributed by atoms with Crippen molar-refractivity contribution >= 4 is 23.3 Å². The van der Waals surface area contributed by atoms with E-state index in [-0.39, 0.29) is 22.2 Å². The molecular weight excluding hydrogens is 329 g/mol. The number of nitrogens with zero attached hydrogens (tertiary/aromatic N) is 1. The van der Waals surface area contributed by atoms with E-state index in [1.807, 2.05) is 0 Å². The first-order valence-corrected chi connectivity index (χ1v) is 7.52. The molecule has 2 aliphatic rings. The van der Waals surface area contributed by atoms with E-state index in [0.717, 1.165) is 17.7 Å². The number of alkyl halides is 3. The summed E-state index contributed by atoms with van der Waals surface area (Å²) < 4.78 is 42.1. The van der Waals surface area contributed by atoms with Crippen molar-refractivity contribution in [3.8, 4) is 11.8 Å². The number of carbonyl (C=O) groups excluding carboxylic acids is 1. The van der Waals surface area contributed by atoms with Gasteiger partial charge in [-0.05, 0) is 31.0 Å². The lowest BCUT2D eigenvalue weighted by Gasteiger charge is -2.33. The molecule has 0 bridgehead atoms. The Morgan fingerprint density at radius 3 is 2.70 bits per heavy atom. The summed E-state index contributed by atoms with van der Waals surface area (Å²) in [5, 5.41) is 2.66. The third kappa shape index (κ3) is 2.86. The topological polar surface area (TPSA) is 32.3 Å². The van der Waals surface area contributed by atoms with Gasteiger partial charge in [0.05, 0.1) is 6.54 Å². The van der Waals surface area contributed by atoms with E-state index >= 15 is 0 Å². The van der Waals surface area contributed by atoms with Crippen molar-refractivity contribution in [1.82, 2.24) is 4.90 Å². The van der Waals surface area contributed by atoms with Crippen molar-refractivity contribution in [2.45, 2.75) is 24.4 Å². The number of hydrogen-bond donors (Lipinski definition) is 1. The van der Waals surface area contributed by atoms with Crippen molar-refractivity contribution in [1.29, 1.82) is 0 Å². The molecule has 122 valence electrons. The zero-order valence-corrected chi connectivity index (χ0v) is 13.1. The lowest BCUT2D eigenvalue weighted by Crippen LogP contribution is -2.49. The Kier molecular flexibility index (Phi) is 3.72. The van der Waals surface area contributed by atoms with Crippen LogP contribution < -0.4 is 5.32 Å². The first-order valence-electron chi connectivity index (χ1n) is 7.14. The fourth-order valence-corrected chi connectivity index (χ4v) is 2.75. The summed E-state index contributed by atoms with van der Waals surface area (Å²) in [5.41, 5.74) is -2.47. The van der Waals surface area contributed by atoms with Crippen LogP contribution in [0.3, 0.4) is 0 Å². The molecule has 1 saturated carbocycles. The van der Waals surface area contributed by atoms with Gasteiger partial charge in [-0.1, -0.05) is 23.4 Å². The molecule has 0 saturated heterocycles. The molecule has 0 aromatic heterocycles. The maximum absolute atomic E-state index is 14.0. The molecule has 1 N–H and O–H groups in total. The lowest BCUT2D eigenvalue weighted by molar-refractivity contribution is -0.174. The summed E-state index contributed by atoms with van der Waals surface area (Å²) in [4.78, 5) is 13.0. The quantitative estimate of drug-likeness (QED) is 0.709. The van der Waals surface area contributed by atoms with Gasteiger partial charge in [0.15, 0.2) is 5.41 Å². The predicted octanol–water partition coefficient (Wildman–Crippen LogP) is 4.03. The molecule has 1 heterocycles. The van der Waals surface area contributed by atoms with Crippen molar-refractivity contribution < 1.29 is 18.0 Å². The summed E-state index contributed by atoms with van der Waals surface area (Å²) in [6.07, 6.45) is -3.01. The Morgan fingerprint density at radius 2 is 2.09 bits per heavy atom. The Balaban J connectivity index is 2.25. The van der Waals surface area contributed by atoms with E-state index in [4.69, 9.17) is 11.6 Å². The number of urea groups is 1. The highest BCUT2D eigenvalue weighted by molar-refractivity contribution is 6.30. The summed E-state index contributed by atoms with van der Waals surface area (Å²) in [6.45, 7) is -0.574. The predicted molar refractivity (Wildman–Crippen MR) is 81.3 cm³/mol. The number of nitrogens with one attached hydrogen (secondary N) is 1. The van der Waals surface area contributed by atoms with Crippen LogP contribution in [-0.4, -0.2) is 30.7 Å². The van der Waals surface area contributed by atoms with Crippen molar-refractivity contribution in [3.05, 3.63) is 28.8 Å². The second-order valence-corrected chi connectivity index (χ2v) is 6.36. The van der Waals surface area contributed by atoms with Crippen LogP contribution in [0.1, 0.15) is 18.4 Å². The fraction of sp³-hybridized carbons (Fsp3) is 0.438. The molecule has 0 spiro atoms. The standard InChI is InChI=1S/C16H14ClF3N2O/c1-22-9-15(16(18,19)20,7-6-10-2-3-10)12-8-11(17)4-5-13(12)21-14(22)23/h4-5,8,10H,2-3,9H2,1H3,(H,21,23). The SMILES string of the molecule is CN1CC(C#CC2CC2)(C(F)(F)F)c2cc(Cl)ccc2NC1=O. The number of hydrogen-bond acceptors (Lipinski definition) is 1. The van der Waals surface area contributed by atoms with E-state index in [0.29, 0.717) is 0 Å². The maximum atomic E-state index is 14.0. The van der Waals surface area contributed by atoms with Crippen LogP contribution in [-0.2, 0) is 5.41 Å². The highest BCUT2D eigenvalue weighted by atomic mass is 35.5. The Bertz CT molecular complexity index is 718. The molecule has 7 heteroatoms. The first kappa shape index (κ1) is 16.0. The fourth-order valence-electron chi connectivity index (χ4n) is 2.57. The molecule has 1 aromatic carbocycles. The second kappa shape index (κ2) is 5.34. The number of carbonyl (C=O) groups is 1. The lowest BCUT2D eigenvalue weighted by atomic mass is 9.78. The van der Waals surface area contributed by atoms with Crippen molar-refractivity contribution in [3.63, 3.8) is 0 Å². The molecule has 1 atom stereocenters. The second-order valence-electron chi connectivity index (χ2n) is 5.92. The Morgan fingerprint density at radius 1 is 1.39 bits per heavy atom. The highest BCUT2D eigenvalue weighted by Gasteiger charge is 2.58. The molecule has 1 aliphatic heterocycles. The van der Waals surface area contributed by atoms with Gasteiger partial charge in [-0.3, -0.25) is 0 Å². The molecule has 1 unspecified atom stereocenters. The van der Waals surface area contributed by atoms with Gasteiger partial charge < -0.3 is 10.2 Å². The Labute approximate surface area is 136 Å². The molecule has 2 amide bonds. The third-order valence-corrected chi connectivity index (χ3v) is 4.29. The summed E-state index contributed by atoms with van der Waals surface area (Å²) >= 11 is 5.91. The molecule has 3 rings (SSSR count). The average Bonchev–Trinajstić information content (AvgIpc) is 3.27. The smallest absolute Gasteiger partial charge is 0.325 e. The number of fused-ring (bicyclic) bond motifs is 1.